The minimum Gasteiger partial charge on any atom is -0.314 e. The van der Waals surface area contributed by atoms with Crippen molar-refractivity contribution in [3.8, 4) is 0 Å². The maximum Gasteiger partial charge on any atom is 0.00900 e. The summed E-state index contributed by atoms with van der Waals surface area (Å²) in [4.78, 5) is 0. The van der Waals surface area contributed by atoms with Crippen LogP contribution in [0.3, 0.4) is 0 Å². The van der Waals surface area contributed by atoms with Gasteiger partial charge in [-0.2, -0.15) is 0 Å². The van der Waals surface area contributed by atoms with Crippen molar-refractivity contribution in [3.05, 3.63) is 34.9 Å². The van der Waals surface area contributed by atoms with Gasteiger partial charge in [-0.1, -0.05) is 39.0 Å². The van der Waals surface area contributed by atoms with Crippen LogP contribution < -0.4 is 5.32 Å². The standard InChI is InChI=1S/C17H29N/c1-6-18-17(13(2)3)12-8-11-16-14(4)9-7-10-15(16)5/h7,9-10,13,17-18H,6,8,11-12H2,1-5H3. The van der Waals surface area contributed by atoms with E-state index in [2.05, 4.69) is 58.1 Å². The number of nitrogens with one attached hydrogen (secondary N) is 1. The molecule has 0 saturated carbocycles. The molecular weight excluding hydrogens is 218 g/mol. The summed E-state index contributed by atoms with van der Waals surface area (Å²) >= 11 is 0. The zero-order valence-corrected chi connectivity index (χ0v) is 12.7. The molecule has 1 atom stereocenters. The monoisotopic (exact) mass is 247 g/mol. The molecule has 0 aliphatic carbocycles. The SMILES string of the molecule is CCNC(CCCc1c(C)cccc1C)C(C)C. The second-order valence-corrected chi connectivity index (χ2v) is 5.67. The fourth-order valence-corrected chi connectivity index (χ4v) is 2.68. The third-order valence-electron chi connectivity index (χ3n) is 3.86. The first kappa shape index (κ1) is 15.2. The van der Waals surface area contributed by atoms with Crippen LogP contribution in [0.15, 0.2) is 18.2 Å². The molecule has 1 heteroatoms. The molecule has 0 radical (unpaired) electrons. The van der Waals surface area contributed by atoms with E-state index in [0.29, 0.717) is 6.04 Å². The molecule has 0 saturated heterocycles. The molecule has 1 unspecified atom stereocenters. The number of benzene rings is 1. The molecule has 1 N–H and O–H groups in total. The zero-order chi connectivity index (χ0) is 13.5. The Morgan fingerprint density at radius 1 is 1.11 bits per heavy atom. The van der Waals surface area contributed by atoms with Crippen LogP contribution >= 0.6 is 0 Å². The lowest BCUT2D eigenvalue weighted by Crippen LogP contribution is -2.33. The predicted octanol–water partition coefficient (Wildman–Crippen LogP) is 4.26. The second-order valence-electron chi connectivity index (χ2n) is 5.67. The van der Waals surface area contributed by atoms with Crippen molar-refractivity contribution >= 4 is 0 Å². The van der Waals surface area contributed by atoms with Crippen molar-refractivity contribution in [3.63, 3.8) is 0 Å². The first-order chi connectivity index (χ1) is 8.56. The Labute approximate surface area is 113 Å². The maximum atomic E-state index is 3.60. The molecule has 0 aliphatic rings. The Balaban J connectivity index is 2.50. The van der Waals surface area contributed by atoms with E-state index in [0.717, 1.165) is 12.5 Å². The number of hydrogen-bond acceptors (Lipinski definition) is 1. The van der Waals surface area contributed by atoms with Gasteiger partial charge in [-0.3, -0.25) is 0 Å². The summed E-state index contributed by atoms with van der Waals surface area (Å²) in [7, 11) is 0. The van der Waals surface area contributed by atoms with Crippen LogP contribution in [0.2, 0.25) is 0 Å². The third kappa shape index (κ3) is 4.45. The van der Waals surface area contributed by atoms with Crippen LogP contribution in [0.4, 0.5) is 0 Å². The molecule has 1 aromatic carbocycles. The van der Waals surface area contributed by atoms with E-state index < -0.39 is 0 Å². The van der Waals surface area contributed by atoms with Gasteiger partial charge in [0.1, 0.15) is 0 Å². The molecular formula is C17H29N. The maximum absolute atomic E-state index is 3.60. The molecule has 0 fully saturated rings. The average molecular weight is 247 g/mol. The Bertz CT molecular complexity index is 334. The van der Waals surface area contributed by atoms with Crippen LogP contribution in [0, 0.1) is 19.8 Å². The summed E-state index contributed by atoms with van der Waals surface area (Å²) in [6.45, 7) is 12.4. The van der Waals surface area contributed by atoms with Gasteiger partial charge in [-0.05, 0) is 62.3 Å². The summed E-state index contributed by atoms with van der Waals surface area (Å²) in [6.07, 6.45) is 3.77. The first-order valence-corrected chi connectivity index (χ1v) is 7.34. The van der Waals surface area contributed by atoms with Crippen molar-refractivity contribution in [2.24, 2.45) is 5.92 Å². The lowest BCUT2D eigenvalue weighted by atomic mass is 9.93. The lowest BCUT2D eigenvalue weighted by Gasteiger charge is -2.22. The summed E-state index contributed by atoms with van der Waals surface area (Å²) in [6, 6.07) is 7.28. The molecule has 0 aliphatic heterocycles. The minimum atomic E-state index is 0.666. The molecule has 18 heavy (non-hydrogen) atoms. The summed E-state index contributed by atoms with van der Waals surface area (Å²) < 4.78 is 0. The van der Waals surface area contributed by atoms with Gasteiger partial charge in [0.15, 0.2) is 0 Å². The number of rotatable bonds is 7. The lowest BCUT2D eigenvalue weighted by molar-refractivity contribution is 0.377. The van der Waals surface area contributed by atoms with E-state index in [1.807, 2.05) is 0 Å². The smallest absolute Gasteiger partial charge is 0.00900 e. The van der Waals surface area contributed by atoms with Crippen LogP contribution in [0.5, 0.6) is 0 Å². The van der Waals surface area contributed by atoms with Crippen molar-refractivity contribution in [1.29, 1.82) is 0 Å². The van der Waals surface area contributed by atoms with Gasteiger partial charge in [0.05, 0.1) is 0 Å². The molecule has 0 heterocycles. The molecule has 1 rings (SSSR count). The predicted molar refractivity (Wildman–Crippen MR) is 81.2 cm³/mol. The van der Waals surface area contributed by atoms with Gasteiger partial charge in [0.25, 0.3) is 0 Å². The highest BCUT2D eigenvalue weighted by atomic mass is 14.9. The van der Waals surface area contributed by atoms with E-state index in [4.69, 9.17) is 0 Å². The van der Waals surface area contributed by atoms with Crippen molar-refractivity contribution in [2.75, 3.05) is 6.54 Å². The second kappa shape index (κ2) is 7.58. The molecule has 0 aromatic heterocycles. The molecule has 0 bridgehead atoms. The molecule has 1 nitrogen and oxygen atoms in total. The summed E-state index contributed by atoms with van der Waals surface area (Å²) in [5.41, 5.74) is 4.44. The van der Waals surface area contributed by atoms with Gasteiger partial charge in [-0.15, -0.1) is 0 Å². The van der Waals surface area contributed by atoms with Crippen molar-refractivity contribution in [1.82, 2.24) is 5.32 Å². The third-order valence-corrected chi connectivity index (χ3v) is 3.86. The first-order valence-electron chi connectivity index (χ1n) is 7.34. The Morgan fingerprint density at radius 3 is 2.22 bits per heavy atom. The van der Waals surface area contributed by atoms with Gasteiger partial charge >= 0.3 is 0 Å². The topological polar surface area (TPSA) is 12.0 Å². The highest BCUT2D eigenvalue weighted by molar-refractivity contribution is 5.33. The Hall–Kier alpha value is -0.820. The summed E-state index contributed by atoms with van der Waals surface area (Å²) in [5, 5.41) is 3.60. The van der Waals surface area contributed by atoms with Gasteiger partial charge in [0.2, 0.25) is 0 Å². The van der Waals surface area contributed by atoms with E-state index >= 15 is 0 Å². The molecule has 0 amide bonds. The fourth-order valence-electron chi connectivity index (χ4n) is 2.68. The molecule has 1 aromatic rings. The fraction of sp³-hybridized carbons (Fsp3) is 0.647. The highest BCUT2D eigenvalue weighted by Crippen LogP contribution is 2.18. The zero-order valence-electron chi connectivity index (χ0n) is 12.7. The van der Waals surface area contributed by atoms with E-state index in [1.165, 1.54) is 30.4 Å². The minimum absolute atomic E-state index is 0.666. The Morgan fingerprint density at radius 2 is 1.72 bits per heavy atom. The van der Waals surface area contributed by atoms with Crippen molar-refractivity contribution in [2.45, 2.75) is 59.9 Å². The van der Waals surface area contributed by atoms with Gasteiger partial charge in [-0.25, -0.2) is 0 Å². The molecule has 0 spiro atoms. The normalized spacial score (nSPS) is 13.0. The molecule has 102 valence electrons. The van der Waals surface area contributed by atoms with Crippen LogP contribution in [0.25, 0.3) is 0 Å². The van der Waals surface area contributed by atoms with Crippen LogP contribution in [-0.2, 0) is 6.42 Å². The van der Waals surface area contributed by atoms with E-state index in [9.17, 15) is 0 Å². The number of hydrogen-bond donors (Lipinski definition) is 1. The van der Waals surface area contributed by atoms with Gasteiger partial charge < -0.3 is 5.32 Å². The number of aryl methyl sites for hydroxylation is 2. The highest BCUT2D eigenvalue weighted by Gasteiger charge is 2.11. The van der Waals surface area contributed by atoms with Crippen molar-refractivity contribution < 1.29 is 0 Å². The van der Waals surface area contributed by atoms with Crippen LogP contribution in [0.1, 0.15) is 50.3 Å². The quantitative estimate of drug-likeness (QED) is 0.759. The Kier molecular flexibility index (Phi) is 6.42. The van der Waals surface area contributed by atoms with E-state index in [-0.39, 0.29) is 0 Å². The van der Waals surface area contributed by atoms with E-state index in [1.54, 1.807) is 5.56 Å². The van der Waals surface area contributed by atoms with Crippen LogP contribution in [-0.4, -0.2) is 12.6 Å². The summed E-state index contributed by atoms with van der Waals surface area (Å²) in [5.74, 6) is 0.725. The van der Waals surface area contributed by atoms with Gasteiger partial charge in [0, 0.05) is 6.04 Å². The largest absolute Gasteiger partial charge is 0.314 e. The average Bonchev–Trinajstić information content (AvgIpc) is 2.31.